The second kappa shape index (κ2) is 16.1. The zero-order valence-corrected chi connectivity index (χ0v) is 25.8. The van der Waals surface area contributed by atoms with Gasteiger partial charge in [-0.15, -0.1) is 0 Å². The lowest BCUT2D eigenvalue weighted by molar-refractivity contribution is 0.0947. The SMILES string of the molecule is CCCCCCCC(=O)c1c(C(=O)CCCCCCC)c(-c2ccccc2)n(-c2ccc(C)cc2)c1-c1ccccc1. The van der Waals surface area contributed by atoms with Gasteiger partial charge in [0.15, 0.2) is 11.6 Å². The summed E-state index contributed by atoms with van der Waals surface area (Å²) in [7, 11) is 0. The van der Waals surface area contributed by atoms with Crippen LogP contribution < -0.4 is 0 Å². The van der Waals surface area contributed by atoms with Gasteiger partial charge < -0.3 is 4.57 Å². The zero-order valence-electron chi connectivity index (χ0n) is 25.8. The third-order valence-electron chi connectivity index (χ3n) is 8.13. The highest BCUT2D eigenvalue weighted by atomic mass is 16.1. The van der Waals surface area contributed by atoms with Gasteiger partial charge in [-0.3, -0.25) is 9.59 Å². The lowest BCUT2D eigenvalue weighted by Crippen LogP contribution is -2.09. The number of rotatable bonds is 17. The fraction of sp³-hybridized carbons (Fsp3) is 0.385. The van der Waals surface area contributed by atoms with Gasteiger partial charge in [-0.25, -0.2) is 0 Å². The number of aryl methyl sites for hydroxylation is 1. The van der Waals surface area contributed by atoms with Crippen LogP contribution in [0.15, 0.2) is 84.9 Å². The van der Waals surface area contributed by atoms with Crippen LogP contribution in [0.2, 0.25) is 0 Å². The molecule has 4 aromatic rings. The Hall–Kier alpha value is -3.72. The first kappa shape index (κ1) is 31.2. The van der Waals surface area contributed by atoms with Crippen molar-refractivity contribution >= 4 is 11.6 Å². The van der Waals surface area contributed by atoms with Crippen LogP contribution in [0.4, 0.5) is 0 Å². The van der Waals surface area contributed by atoms with Crippen molar-refractivity contribution in [2.24, 2.45) is 0 Å². The van der Waals surface area contributed by atoms with Crippen molar-refractivity contribution < 1.29 is 9.59 Å². The molecule has 0 saturated heterocycles. The first-order valence-electron chi connectivity index (χ1n) is 16.1. The Bertz CT molecular complexity index is 1330. The maximum absolute atomic E-state index is 14.3. The normalized spacial score (nSPS) is 11.1. The van der Waals surface area contributed by atoms with Crippen LogP contribution in [-0.4, -0.2) is 16.1 Å². The molecule has 220 valence electrons. The van der Waals surface area contributed by atoms with Crippen molar-refractivity contribution in [1.29, 1.82) is 0 Å². The Kier molecular flexibility index (Phi) is 11.9. The van der Waals surface area contributed by atoms with E-state index in [2.05, 4.69) is 73.9 Å². The zero-order chi connectivity index (χ0) is 29.7. The molecular weight excluding hydrogens is 514 g/mol. The Morgan fingerprint density at radius 1 is 0.524 bits per heavy atom. The van der Waals surface area contributed by atoms with Gasteiger partial charge in [0.1, 0.15) is 0 Å². The second-order valence-corrected chi connectivity index (χ2v) is 11.5. The number of aromatic nitrogens is 1. The van der Waals surface area contributed by atoms with Crippen LogP contribution in [0, 0.1) is 6.92 Å². The molecule has 0 unspecified atom stereocenters. The maximum Gasteiger partial charge on any atom is 0.165 e. The predicted molar refractivity (Wildman–Crippen MR) is 177 cm³/mol. The van der Waals surface area contributed by atoms with Gasteiger partial charge in [0.25, 0.3) is 0 Å². The van der Waals surface area contributed by atoms with Gasteiger partial charge in [-0.05, 0) is 43.0 Å². The van der Waals surface area contributed by atoms with E-state index in [-0.39, 0.29) is 11.6 Å². The Morgan fingerprint density at radius 2 is 0.929 bits per heavy atom. The number of hydrogen-bond acceptors (Lipinski definition) is 2. The molecule has 0 bridgehead atoms. The van der Waals surface area contributed by atoms with Gasteiger partial charge in [0.2, 0.25) is 0 Å². The summed E-state index contributed by atoms with van der Waals surface area (Å²) >= 11 is 0. The van der Waals surface area contributed by atoms with E-state index in [0.29, 0.717) is 24.0 Å². The molecule has 0 spiro atoms. The molecule has 42 heavy (non-hydrogen) atoms. The van der Waals surface area contributed by atoms with Crippen LogP contribution in [-0.2, 0) is 0 Å². The highest BCUT2D eigenvalue weighted by Gasteiger charge is 2.32. The largest absolute Gasteiger partial charge is 0.308 e. The summed E-state index contributed by atoms with van der Waals surface area (Å²) in [5, 5.41) is 0. The van der Waals surface area contributed by atoms with Crippen LogP contribution in [0.25, 0.3) is 28.2 Å². The number of ketones is 2. The molecule has 3 aromatic carbocycles. The molecule has 3 nitrogen and oxygen atoms in total. The van der Waals surface area contributed by atoms with Crippen LogP contribution in [0.3, 0.4) is 0 Å². The summed E-state index contributed by atoms with van der Waals surface area (Å²) in [5.41, 5.74) is 6.86. The number of benzene rings is 3. The number of unbranched alkanes of at least 4 members (excludes halogenated alkanes) is 8. The number of nitrogens with zero attached hydrogens (tertiary/aromatic N) is 1. The van der Waals surface area contributed by atoms with E-state index >= 15 is 0 Å². The lowest BCUT2D eigenvalue weighted by Gasteiger charge is -2.16. The number of carbonyl (C=O) groups is 2. The molecule has 0 N–H and O–H groups in total. The number of hydrogen-bond donors (Lipinski definition) is 0. The minimum atomic E-state index is 0.0720. The number of carbonyl (C=O) groups excluding carboxylic acids is 2. The van der Waals surface area contributed by atoms with Crippen molar-refractivity contribution in [3.8, 4) is 28.2 Å². The summed E-state index contributed by atoms with van der Waals surface area (Å²) in [4.78, 5) is 28.7. The van der Waals surface area contributed by atoms with Gasteiger partial charge in [-0.1, -0.05) is 144 Å². The monoisotopic (exact) mass is 561 g/mol. The van der Waals surface area contributed by atoms with E-state index in [1.807, 2.05) is 36.4 Å². The molecule has 0 fully saturated rings. The highest BCUT2D eigenvalue weighted by Crippen LogP contribution is 2.41. The van der Waals surface area contributed by atoms with Crippen LogP contribution in [0.1, 0.15) is 117 Å². The third kappa shape index (κ3) is 7.76. The quantitative estimate of drug-likeness (QED) is 0.0950. The molecule has 0 saturated carbocycles. The van der Waals surface area contributed by atoms with E-state index < -0.39 is 0 Å². The van der Waals surface area contributed by atoms with Crippen molar-refractivity contribution in [3.05, 3.63) is 102 Å². The van der Waals surface area contributed by atoms with E-state index in [1.54, 1.807) is 0 Å². The van der Waals surface area contributed by atoms with Crippen molar-refractivity contribution in [3.63, 3.8) is 0 Å². The average Bonchev–Trinajstić information content (AvgIpc) is 3.38. The third-order valence-corrected chi connectivity index (χ3v) is 8.13. The minimum absolute atomic E-state index is 0.0720. The number of Topliss-reactive ketones (excluding diaryl/α,β-unsaturated/α-hetero) is 2. The molecule has 0 aliphatic rings. The predicted octanol–water partition coefficient (Wildman–Crippen LogP) is 11.2. The summed E-state index contributed by atoms with van der Waals surface area (Å²) in [6, 6.07) is 28.7. The van der Waals surface area contributed by atoms with Gasteiger partial charge in [-0.2, -0.15) is 0 Å². The molecule has 1 aromatic heterocycles. The maximum atomic E-state index is 14.3. The summed E-state index contributed by atoms with van der Waals surface area (Å²) in [5.74, 6) is 0.144. The van der Waals surface area contributed by atoms with Gasteiger partial charge >= 0.3 is 0 Å². The van der Waals surface area contributed by atoms with Crippen molar-refractivity contribution in [2.45, 2.75) is 97.8 Å². The van der Waals surface area contributed by atoms with E-state index in [9.17, 15) is 9.59 Å². The topological polar surface area (TPSA) is 39.1 Å². The molecule has 0 amide bonds. The van der Waals surface area contributed by atoms with E-state index in [0.717, 1.165) is 66.7 Å². The van der Waals surface area contributed by atoms with Gasteiger partial charge in [0.05, 0.1) is 22.5 Å². The average molecular weight is 562 g/mol. The molecule has 0 aliphatic carbocycles. The van der Waals surface area contributed by atoms with E-state index in [1.165, 1.54) is 31.2 Å². The minimum Gasteiger partial charge on any atom is -0.308 e. The molecule has 0 radical (unpaired) electrons. The summed E-state index contributed by atoms with van der Waals surface area (Å²) in [6.07, 6.45) is 11.6. The first-order valence-corrected chi connectivity index (χ1v) is 16.1. The Balaban J connectivity index is 1.95. The molecule has 0 aliphatic heterocycles. The van der Waals surface area contributed by atoms with Crippen molar-refractivity contribution in [2.75, 3.05) is 0 Å². The highest BCUT2D eigenvalue weighted by molar-refractivity contribution is 6.16. The molecule has 4 rings (SSSR count). The summed E-state index contributed by atoms with van der Waals surface area (Å²) < 4.78 is 2.18. The van der Waals surface area contributed by atoms with Crippen LogP contribution >= 0.6 is 0 Å². The van der Waals surface area contributed by atoms with Crippen molar-refractivity contribution in [1.82, 2.24) is 4.57 Å². The summed E-state index contributed by atoms with van der Waals surface area (Å²) in [6.45, 7) is 6.49. The lowest BCUT2D eigenvalue weighted by atomic mass is 9.91. The smallest absolute Gasteiger partial charge is 0.165 e. The van der Waals surface area contributed by atoms with Gasteiger partial charge in [0, 0.05) is 18.5 Å². The van der Waals surface area contributed by atoms with E-state index in [4.69, 9.17) is 0 Å². The Labute approximate surface area is 253 Å². The molecular formula is C39H47NO2. The molecule has 0 atom stereocenters. The fourth-order valence-electron chi connectivity index (χ4n) is 5.83. The van der Waals surface area contributed by atoms with Crippen LogP contribution in [0.5, 0.6) is 0 Å². The standard InChI is InChI=1S/C39H47NO2/c1-4-6-8-10-18-24-34(41)36-37(35(42)25-19-11-9-7-5-2)39(32-22-16-13-17-23-32)40(33-28-26-30(3)27-29-33)38(36)31-20-14-12-15-21-31/h12-17,20-23,26-29H,4-11,18-19,24-25H2,1-3H3. The molecule has 3 heteroatoms. The fourth-order valence-corrected chi connectivity index (χ4v) is 5.83. The second-order valence-electron chi connectivity index (χ2n) is 11.5. The first-order chi connectivity index (χ1) is 20.6. The Morgan fingerprint density at radius 3 is 1.33 bits per heavy atom. The molecule has 1 heterocycles.